The molecule has 0 saturated carbocycles. The van der Waals surface area contributed by atoms with Crippen LogP contribution in [0.1, 0.15) is 37.3 Å². The second-order valence-electron chi connectivity index (χ2n) is 8.73. The molecular weight excluding hydrogens is 424 g/mol. The molecule has 0 saturated heterocycles. The smallest absolute Gasteiger partial charge is 0.407 e. The van der Waals surface area contributed by atoms with Crippen molar-refractivity contribution in [2.24, 2.45) is 5.41 Å². The minimum absolute atomic E-state index is 0.00257. The minimum atomic E-state index is -1.07. The van der Waals surface area contributed by atoms with Crippen molar-refractivity contribution < 1.29 is 29.0 Å². The van der Waals surface area contributed by atoms with Gasteiger partial charge in [-0.3, -0.25) is 9.59 Å². The first-order chi connectivity index (χ1) is 15.7. The summed E-state index contributed by atoms with van der Waals surface area (Å²) >= 11 is 0. The fourth-order valence-corrected chi connectivity index (χ4v) is 3.76. The summed E-state index contributed by atoms with van der Waals surface area (Å²) < 4.78 is 10.8. The second-order valence-corrected chi connectivity index (χ2v) is 8.73. The Bertz CT molecular complexity index is 974. The van der Waals surface area contributed by atoms with Crippen molar-refractivity contribution in [1.29, 1.82) is 0 Å². The number of amides is 2. The SMILES string of the molecule is COC(CNC(=O)OCC1c2ccccc2-c2ccccc21)CC(=O)NCC(C)(C)C(=O)O. The van der Waals surface area contributed by atoms with Gasteiger partial charge in [0.05, 0.1) is 17.9 Å². The van der Waals surface area contributed by atoms with Gasteiger partial charge in [-0.05, 0) is 36.1 Å². The average Bonchev–Trinajstić information content (AvgIpc) is 3.12. The quantitative estimate of drug-likeness (QED) is 0.508. The molecule has 0 radical (unpaired) electrons. The maximum absolute atomic E-state index is 12.3. The third kappa shape index (κ3) is 5.90. The highest BCUT2D eigenvalue weighted by molar-refractivity contribution is 5.80. The Morgan fingerprint density at radius 3 is 2.12 bits per heavy atom. The summed E-state index contributed by atoms with van der Waals surface area (Å²) in [5.41, 5.74) is 3.49. The lowest BCUT2D eigenvalue weighted by Gasteiger charge is -2.21. The normalized spacial score (nSPS) is 13.5. The maximum atomic E-state index is 12.3. The third-order valence-electron chi connectivity index (χ3n) is 5.87. The van der Waals surface area contributed by atoms with E-state index in [9.17, 15) is 14.4 Å². The van der Waals surface area contributed by atoms with E-state index in [1.165, 1.54) is 21.0 Å². The van der Waals surface area contributed by atoms with E-state index >= 15 is 0 Å². The number of hydrogen-bond acceptors (Lipinski definition) is 5. The Morgan fingerprint density at radius 1 is 1.00 bits per heavy atom. The highest BCUT2D eigenvalue weighted by atomic mass is 16.5. The Hall–Kier alpha value is -3.39. The molecule has 0 fully saturated rings. The number of fused-ring (bicyclic) bond motifs is 3. The zero-order valence-electron chi connectivity index (χ0n) is 19.1. The molecule has 1 aliphatic carbocycles. The van der Waals surface area contributed by atoms with Gasteiger partial charge in [0.15, 0.2) is 0 Å². The van der Waals surface area contributed by atoms with Gasteiger partial charge in [-0.25, -0.2) is 4.79 Å². The predicted molar refractivity (Wildman–Crippen MR) is 123 cm³/mol. The van der Waals surface area contributed by atoms with E-state index in [0.717, 1.165) is 22.3 Å². The number of hydrogen-bond donors (Lipinski definition) is 3. The van der Waals surface area contributed by atoms with Crippen LogP contribution in [0.15, 0.2) is 48.5 Å². The number of aliphatic carboxylic acids is 1. The highest BCUT2D eigenvalue weighted by Gasteiger charge is 2.30. The molecule has 8 heteroatoms. The predicted octanol–water partition coefficient (Wildman–Crippen LogP) is 3.16. The van der Waals surface area contributed by atoms with E-state index in [1.54, 1.807) is 0 Å². The van der Waals surface area contributed by atoms with Crippen LogP contribution < -0.4 is 10.6 Å². The van der Waals surface area contributed by atoms with E-state index in [-0.39, 0.29) is 37.9 Å². The summed E-state index contributed by atoms with van der Waals surface area (Å²) in [5.74, 6) is -1.39. The van der Waals surface area contributed by atoms with Gasteiger partial charge in [0.25, 0.3) is 0 Å². The lowest BCUT2D eigenvalue weighted by atomic mass is 9.94. The standard InChI is InChI=1S/C25H30N2O6/c1-25(2,23(29)30)15-27-22(28)12-16(32-3)13-26-24(31)33-14-21-19-10-6-4-8-17(19)18-9-5-7-11-20(18)21/h4-11,16,21H,12-15H2,1-3H3,(H,26,31)(H,27,28)(H,29,30). The maximum Gasteiger partial charge on any atom is 0.407 e. The molecule has 1 unspecified atom stereocenters. The third-order valence-corrected chi connectivity index (χ3v) is 5.87. The van der Waals surface area contributed by atoms with E-state index in [1.807, 2.05) is 36.4 Å². The summed E-state index contributed by atoms with van der Waals surface area (Å²) in [4.78, 5) is 35.6. The molecule has 2 aromatic rings. The number of nitrogens with one attached hydrogen (secondary N) is 2. The Morgan fingerprint density at radius 2 is 1.58 bits per heavy atom. The lowest BCUT2D eigenvalue weighted by molar-refractivity contribution is -0.146. The zero-order chi connectivity index (χ0) is 24.0. The van der Waals surface area contributed by atoms with Gasteiger partial charge in [-0.2, -0.15) is 0 Å². The van der Waals surface area contributed by atoms with Gasteiger partial charge in [-0.15, -0.1) is 0 Å². The number of carbonyl (C=O) groups is 3. The van der Waals surface area contributed by atoms with Crippen LogP contribution in [0.2, 0.25) is 0 Å². The largest absolute Gasteiger partial charge is 0.481 e. The van der Waals surface area contributed by atoms with Crippen LogP contribution in [0, 0.1) is 5.41 Å². The molecule has 2 amide bonds. The first kappa shape index (κ1) is 24.3. The fraction of sp³-hybridized carbons (Fsp3) is 0.400. The topological polar surface area (TPSA) is 114 Å². The first-order valence-electron chi connectivity index (χ1n) is 10.8. The second kappa shape index (κ2) is 10.5. The van der Waals surface area contributed by atoms with Gasteiger partial charge >= 0.3 is 12.1 Å². The van der Waals surface area contributed by atoms with Crippen LogP contribution in [0.3, 0.4) is 0 Å². The van der Waals surface area contributed by atoms with Crippen molar-refractivity contribution >= 4 is 18.0 Å². The van der Waals surface area contributed by atoms with Gasteiger partial charge in [0.2, 0.25) is 5.91 Å². The molecule has 8 nitrogen and oxygen atoms in total. The van der Waals surface area contributed by atoms with Gasteiger partial charge < -0.3 is 25.2 Å². The molecule has 0 spiro atoms. The number of ether oxygens (including phenoxy) is 2. The molecule has 3 N–H and O–H groups in total. The number of benzene rings is 2. The van der Waals surface area contributed by atoms with Crippen molar-refractivity contribution in [3.05, 3.63) is 59.7 Å². The monoisotopic (exact) mass is 454 g/mol. The molecule has 1 aliphatic rings. The molecule has 0 aliphatic heterocycles. The van der Waals surface area contributed by atoms with E-state index in [0.29, 0.717) is 0 Å². The van der Waals surface area contributed by atoms with Crippen LogP contribution in [-0.2, 0) is 19.1 Å². The van der Waals surface area contributed by atoms with Gasteiger partial charge in [0.1, 0.15) is 6.61 Å². The van der Waals surface area contributed by atoms with Crippen molar-refractivity contribution in [2.75, 3.05) is 26.8 Å². The molecule has 0 aromatic heterocycles. The van der Waals surface area contributed by atoms with Crippen molar-refractivity contribution in [1.82, 2.24) is 10.6 Å². The fourth-order valence-electron chi connectivity index (χ4n) is 3.76. The number of alkyl carbamates (subject to hydrolysis) is 1. The molecule has 176 valence electrons. The van der Waals surface area contributed by atoms with E-state index in [4.69, 9.17) is 14.6 Å². The first-order valence-corrected chi connectivity index (χ1v) is 10.8. The van der Waals surface area contributed by atoms with E-state index in [2.05, 4.69) is 22.8 Å². The Balaban J connectivity index is 1.48. The zero-order valence-corrected chi connectivity index (χ0v) is 19.1. The number of carbonyl (C=O) groups excluding carboxylic acids is 2. The van der Waals surface area contributed by atoms with Crippen LogP contribution in [0.5, 0.6) is 0 Å². The summed E-state index contributed by atoms with van der Waals surface area (Å²) in [6.45, 7) is 3.34. The molecule has 0 heterocycles. The Labute approximate surface area is 193 Å². The lowest BCUT2D eigenvalue weighted by Crippen LogP contribution is -2.41. The van der Waals surface area contributed by atoms with E-state index < -0.39 is 23.6 Å². The van der Waals surface area contributed by atoms with Crippen LogP contribution in [0.4, 0.5) is 4.79 Å². The number of carboxylic acid groups (broad SMARTS) is 1. The minimum Gasteiger partial charge on any atom is -0.481 e. The molecule has 0 bridgehead atoms. The summed E-state index contributed by atoms with van der Waals surface area (Å²) in [7, 11) is 1.44. The van der Waals surface area contributed by atoms with Crippen molar-refractivity contribution in [3.63, 3.8) is 0 Å². The molecule has 1 atom stereocenters. The molecule has 3 rings (SSSR count). The average molecular weight is 455 g/mol. The molecule has 2 aromatic carbocycles. The van der Waals surface area contributed by atoms with Crippen LogP contribution in [-0.4, -0.2) is 56.0 Å². The Kier molecular flexibility index (Phi) is 7.71. The highest BCUT2D eigenvalue weighted by Crippen LogP contribution is 2.44. The van der Waals surface area contributed by atoms with Gasteiger partial charge in [-0.1, -0.05) is 48.5 Å². The summed E-state index contributed by atoms with van der Waals surface area (Å²) in [6, 6.07) is 16.2. The molecule has 33 heavy (non-hydrogen) atoms. The van der Waals surface area contributed by atoms with Crippen LogP contribution in [0.25, 0.3) is 11.1 Å². The van der Waals surface area contributed by atoms with Gasteiger partial charge in [0, 0.05) is 26.1 Å². The summed E-state index contributed by atoms with van der Waals surface area (Å²) in [5, 5.41) is 14.4. The number of methoxy groups -OCH3 is 1. The van der Waals surface area contributed by atoms with Crippen LogP contribution >= 0.6 is 0 Å². The van der Waals surface area contributed by atoms with Crippen molar-refractivity contribution in [2.45, 2.75) is 32.3 Å². The number of rotatable bonds is 10. The summed E-state index contributed by atoms with van der Waals surface area (Å²) in [6.07, 6.45) is -1.18. The van der Waals surface area contributed by atoms with Crippen molar-refractivity contribution in [3.8, 4) is 11.1 Å². The number of carboxylic acids is 1. The molecular formula is C25H30N2O6.